The van der Waals surface area contributed by atoms with Gasteiger partial charge in [-0.3, -0.25) is 0 Å². The van der Waals surface area contributed by atoms with E-state index in [-0.39, 0.29) is 0 Å². The second-order valence-corrected chi connectivity index (χ2v) is 9.31. The van der Waals surface area contributed by atoms with E-state index in [9.17, 15) is 0 Å². The number of hydrogen-bond acceptors (Lipinski definition) is 0. The minimum absolute atomic E-state index is 0.480. The molecule has 1 heteroatoms. The molecular weight excluding hydrogens is 192 g/mol. The zero-order valence-corrected chi connectivity index (χ0v) is 11.6. The van der Waals surface area contributed by atoms with Crippen LogP contribution in [0.2, 0.25) is 14.2 Å². The van der Waals surface area contributed by atoms with E-state index >= 15 is 0 Å². The van der Waals surface area contributed by atoms with Gasteiger partial charge in [0, 0.05) is 0 Å². The summed E-state index contributed by atoms with van der Waals surface area (Å²) in [5.74, 6) is 0. The van der Waals surface area contributed by atoms with Crippen molar-refractivity contribution in [1.82, 2.24) is 0 Å². The SMILES string of the molecule is CC1=C(C)[C](C)([Ti]([CH3])[CH3])C(C)=C1C. The average Bonchev–Trinajstić information content (AvgIpc) is 2.22. The van der Waals surface area contributed by atoms with Crippen LogP contribution in [-0.2, 0) is 17.9 Å². The molecule has 0 spiro atoms. The maximum absolute atomic E-state index is 2.48. The van der Waals surface area contributed by atoms with Gasteiger partial charge in [0.05, 0.1) is 0 Å². The zero-order valence-electron chi connectivity index (χ0n) is 10.0. The molecule has 1 aliphatic rings. The molecule has 0 N–H and O–H groups in total. The average molecular weight is 213 g/mol. The molecule has 0 aliphatic heterocycles. The van der Waals surface area contributed by atoms with Gasteiger partial charge in [0.1, 0.15) is 0 Å². The van der Waals surface area contributed by atoms with E-state index in [1.807, 2.05) is 0 Å². The van der Waals surface area contributed by atoms with Crippen molar-refractivity contribution in [1.29, 1.82) is 0 Å². The van der Waals surface area contributed by atoms with Crippen molar-refractivity contribution < 1.29 is 17.9 Å². The summed E-state index contributed by atoms with van der Waals surface area (Å²) in [5, 5.41) is 4.97. The molecule has 0 nitrogen and oxygen atoms in total. The van der Waals surface area contributed by atoms with Crippen molar-refractivity contribution >= 4 is 0 Å². The second-order valence-electron chi connectivity index (χ2n) is 4.62. The Bertz CT molecular complexity index is 268. The Kier molecular flexibility index (Phi) is 2.95. The third-order valence-electron chi connectivity index (χ3n) is 4.19. The molecule has 1 rings (SSSR count). The zero-order chi connectivity index (χ0) is 10.4. The number of hydrogen-bond donors (Lipinski definition) is 0. The summed E-state index contributed by atoms with van der Waals surface area (Å²) < 4.78 is 0.480. The van der Waals surface area contributed by atoms with Crippen LogP contribution in [0.1, 0.15) is 34.6 Å². The maximum atomic E-state index is 2.48. The Morgan fingerprint density at radius 3 is 1.31 bits per heavy atom. The summed E-state index contributed by atoms with van der Waals surface area (Å²) in [6.45, 7) is 11.7. The molecule has 0 atom stereocenters. The van der Waals surface area contributed by atoms with Crippen molar-refractivity contribution in [2.75, 3.05) is 0 Å². The molecule has 0 amide bonds. The molecule has 0 bridgehead atoms. The van der Waals surface area contributed by atoms with Gasteiger partial charge in [-0.25, -0.2) is 0 Å². The van der Waals surface area contributed by atoms with Gasteiger partial charge < -0.3 is 0 Å². The normalized spacial score (nSPS) is 21.5. The van der Waals surface area contributed by atoms with Gasteiger partial charge in [0.2, 0.25) is 0 Å². The summed E-state index contributed by atoms with van der Waals surface area (Å²) in [7, 11) is 0. The Hall–Kier alpha value is 0.194. The van der Waals surface area contributed by atoms with Crippen LogP contribution >= 0.6 is 0 Å². The minimum atomic E-state index is -0.915. The van der Waals surface area contributed by atoms with Crippen LogP contribution in [-0.4, -0.2) is 0 Å². The van der Waals surface area contributed by atoms with Crippen LogP contribution in [0.25, 0.3) is 0 Å². The number of allylic oxidation sites excluding steroid dienone is 4. The predicted octanol–water partition coefficient (Wildman–Crippen LogP) is 4.57. The molecule has 73 valence electrons. The second kappa shape index (κ2) is 3.40. The molecule has 0 saturated carbocycles. The standard InChI is InChI=1S/C10H15.2CH3.Ti/c1-6-7(2)9(4)10(5)8(6)3;;;/h1-5H3;2*1H3;. The first-order chi connectivity index (χ1) is 5.83. The van der Waals surface area contributed by atoms with E-state index in [2.05, 4.69) is 45.1 Å². The third kappa shape index (κ3) is 1.39. The summed E-state index contributed by atoms with van der Waals surface area (Å²) in [5.41, 5.74) is 6.38. The molecule has 13 heavy (non-hydrogen) atoms. The van der Waals surface area contributed by atoms with E-state index in [4.69, 9.17) is 0 Å². The monoisotopic (exact) mass is 213 g/mol. The predicted molar refractivity (Wildman–Crippen MR) is 56.8 cm³/mol. The number of rotatable bonds is 1. The fourth-order valence-electron chi connectivity index (χ4n) is 2.34. The molecule has 0 saturated heterocycles. The van der Waals surface area contributed by atoms with Gasteiger partial charge in [-0.1, -0.05) is 0 Å². The first-order valence-corrected chi connectivity index (χ1v) is 8.90. The molecule has 0 heterocycles. The van der Waals surface area contributed by atoms with E-state index < -0.39 is 17.9 Å². The fourth-order valence-corrected chi connectivity index (χ4v) is 5.27. The molecule has 0 fully saturated rings. The van der Waals surface area contributed by atoms with Gasteiger partial charge in [-0.05, 0) is 0 Å². The summed E-state index contributed by atoms with van der Waals surface area (Å²) in [6, 6.07) is 0. The van der Waals surface area contributed by atoms with Crippen molar-refractivity contribution in [3.05, 3.63) is 22.3 Å². The van der Waals surface area contributed by atoms with Crippen LogP contribution in [0, 0.1) is 0 Å². The van der Waals surface area contributed by atoms with Crippen molar-refractivity contribution in [2.45, 2.75) is 48.8 Å². The summed E-state index contributed by atoms with van der Waals surface area (Å²) in [4.78, 5) is 0. The Morgan fingerprint density at radius 2 is 1.15 bits per heavy atom. The molecular formula is C12H21Ti. The first kappa shape index (κ1) is 11.3. The van der Waals surface area contributed by atoms with Crippen LogP contribution in [0.3, 0.4) is 0 Å². The molecule has 0 unspecified atom stereocenters. The van der Waals surface area contributed by atoms with E-state index in [0.29, 0.717) is 3.72 Å². The van der Waals surface area contributed by atoms with Crippen molar-refractivity contribution in [2.24, 2.45) is 0 Å². The topological polar surface area (TPSA) is 0 Å². The molecule has 0 aromatic rings. The summed E-state index contributed by atoms with van der Waals surface area (Å²) in [6.07, 6.45) is 0. The van der Waals surface area contributed by atoms with Gasteiger partial charge >= 0.3 is 89.0 Å². The van der Waals surface area contributed by atoms with Gasteiger partial charge in [-0.15, -0.1) is 0 Å². The van der Waals surface area contributed by atoms with E-state index in [1.165, 1.54) is 0 Å². The van der Waals surface area contributed by atoms with Crippen molar-refractivity contribution in [3.8, 4) is 0 Å². The van der Waals surface area contributed by atoms with E-state index in [0.717, 1.165) is 0 Å². The van der Waals surface area contributed by atoms with Crippen LogP contribution in [0.5, 0.6) is 0 Å². The molecule has 0 aromatic heterocycles. The molecule has 1 aliphatic carbocycles. The van der Waals surface area contributed by atoms with Gasteiger partial charge in [0.25, 0.3) is 0 Å². The van der Waals surface area contributed by atoms with Gasteiger partial charge in [-0.2, -0.15) is 0 Å². The van der Waals surface area contributed by atoms with Crippen LogP contribution in [0.4, 0.5) is 0 Å². The third-order valence-corrected chi connectivity index (χ3v) is 8.48. The fraction of sp³-hybridized carbons (Fsp3) is 0.667. The van der Waals surface area contributed by atoms with Crippen molar-refractivity contribution in [3.63, 3.8) is 0 Å². The van der Waals surface area contributed by atoms with E-state index in [1.54, 1.807) is 22.3 Å². The van der Waals surface area contributed by atoms with Crippen LogP contribution < -0.4 is 0 Å². The summed E-state index contributed by atoms with van der Waals surface area (Å²) >= 11 is -0.915. The first-order valence-electron chi connectivity index (χ1n) is 5.00. The molecule has 0 aromatic carbocycles. The van der Waals surface area contributed by atoms with Gasteiger partial charge in [0.15, 0.2) is 0 Å². The van der Waals surface area contributed by atoms with Crippen LogP contribution in [0.15, 0.2) is 22.3 Å². The quantitative estimate of drug-likeness (QED) is 0.560. The Balaban J connectivity index is 3.31. The molecule has 0 radical (unpaired) electrons. The Morgan fingerprint density at radius 1 is 0.846 bits per heavy atom. The Labute approximate surface area is 88.9 Å².